The lowest BCUT2D eigenvalue weighted by Gasteiger charge is -2.14. The van der Waals surface area contributed by atoms with Crippen molar-refractivity contribution in [1.29, 1.82) is 0 Å². The largest absolute Gasteiger partial charge is 0.481 e. The van der Waals surface area contributed by atoms with Crippen molar-refractivity contribution >= 4 is 22.8 Å². The molecule has 0 heterocycles. The molecule has 0 spiro atoms. The summed E-state index contributed by atoms with van der Waals surface area (Å²) in [5, 5.41) is 9.23. The third-order valence-corrected chi connectivity index (χ3v) is 4.23. The van der Waals surface area contributed by atoms with E-state index in [4.69, 9.17) is 0 Å². The molecule has 0 fully saturated rings. The van der Waals surface area contributed by atoms with Crippen molar-refractivity contribution in [3.8, 4) is 0 Å². The van der Waals surface area contributed by atoms with Crippen molar-refractivity contribution in [1.82, 2.24) is 0 Å². The van der Waals surface area contributed by atoms with Gasteiger partial charge in [0, 0.05) is 10.5 Å². The first-order valence-corrected chi connectivity index (χ1v) is 7.54. The number of carbonyl (C=O) groups is 2. The van der Waals surface area contributed by atoms with Crippen LogP contribution >= 0.6 is 11.8 Å². The van der Waals surface area contributed by atoms with Gasteiger partial charge < -0.3 is 5.11 Å². The molecular weight excluding hydrogens is 284 g/mol. The van der Waals surface area contributed by atoms with Gasteiger partial charge >= 0.3 is 5.97 Å². The lowest BCUT2D eigenvalue weighted by atomic mass is 9.97. The van der Waals surface area contributed by atoms with Gasteiger partial charge in [-0.1, -0.05) is 55.5 Å². The Morgan fingerprint density at radius 1 is 1.05 bits per heavy atom. The van der Waals surface area contributed by atoms with E-state index in [1.54, 1.807) is 30.3 Å². The monoisotopic (exact) mass is 300 g/mol. The highest BCUT2D eigenvalue weighted by molar-refractivity contribution is 8.14. The summed E-state index contributed by atoms with van der Waals surface area (Å²) in [5.41, 5.74) is 1.31. The standard InChI is InChI=1S/C17H16O3S/c1-2-13(16(18)19)14-10-6-7-11-15(14)21-17(20)12-8-4-3-5-9-12/h3-11,13H,2H2,1H3,(H,18,19). The van der Waals surface area contributed by atoms with Gasteiger partial charge in [-0.15, -0.1) is 0 Å². The minimum atomic E-state index is -0.863. The number of benzene rings is 2. The second-order valence-electron chi connectivity index (χ2n) is 4.59. The molecule has 1 unspecified atom stereocenters. The highest BCUT2D eigenvalue weighted by Crippen LogP contribution is 2.32. The van der Waals surface area contributed by atoms with E-state index in [-0.39, 0.29) is 5.12 Å². The molecule has 108 valence electrons. The van der Waals surface area contributed by atoms with E-state index in [2.05, 4.69) is 0 Å². The van der Waals surface area contributed by atoms with Gasteiger partial charge in [0.15, 0.2) is 0 Å². The van der Waals surface area contributed by atoms with Crippen molar-refractivity contribution < 1.29 is 14.7 Å². The summed E-state index contributed by atoms with van der Waals surface area (Å²) in [5.74, 6) is -1.45. The number of rotatable bonds is 5. The molecule has 21 heavy (non-hydrogen) atoms. The quantitative estimate of drug-likeness (QED) is 0.841. The van der Waals surface area contributed by atoms with Crippen LogP contribution in [0.3, 0.4) is 0 Å². The Balaban J connectivity index is 2.29. The van der Waals surface area contributed by atoms with Crippen LogP contribution in [0.1, 0.15) is 35.2 Å². The maximum Gasteiger partial charge on any atom is 0.311 e. The van der Waals surface area contributed by atoms with Crippen LogP contribution < -0.4 is 0 Å². The number of thioether (sulfide) groups is 1. The molecule has 0 bridgehead atoms. The van der Waals surface area contributed by atoms with Crippen LogP contribution in [-0.4, -0.2) is 16.2 Å². The minimum absolute atomic E-state index is 0.0803. The Bertz CT molecular complexity index is 637. The highest BCUT2D eigenvalue weighted by Gasteiger charge is 2.22. The third kappa shape index (κ3) is 3.73. The SMILES string of the molecule is CCC(C(=O)O)c1ccccc1SC(=O)c1ccccc1. The van der Waals surface area contributed by atoms with Crippen LogP contribution in [0.25, 0.3) is 0 Å². The zero-order valence-corrected chi connectivity index (χ0v) is 12.5. The van der Waals surface area contributed by atoms with Crippen LogP contribution in [0, 0.1) is 0 Å². The predicted molar refractivity (Wildman–Crippen MR) is 83.7 cm³/mol. The highest BCUT2D eigenvalue weighted by atomic mass is 32.2. The molecule has 0 amide bonds. The first-order valence-electron chi connectivity index (χ1n) is 6.72. The Kier molecular flexibility index (Phi) is 5.17. The fourth-order valence-electron chi connectivity index (χ4n) is 2.12. The summed E-state index contributed by atoms with van der Waals surface area (Å²) in [6, 6.07) is 16.2. The van der Waals surface area contributed by atoms with Gasteiger partial charge in [0.1, 0.15) is 0 Å². The normalized spacial score (nSPS) is 11.9. The first-order chi connectivity index (χ1) is 10.1. The predicted octanol–water partition coefficient (Wildman–Crippen LogP) is 4.20. The number of hydrogen-bond acceptors (Lipinski definition) is 3. The fourth-order valence-corrected chi connectivity index (χ4v) is 3.05. The second kappa shape index (κ2) is 7.09. The van der Waals surface area contributed by atoms with Crippen molar-refractivity contribution in [2.45, 2.75) is 24.2 Å². The van der Waals surface area contributed by atoms with Crippen molar-refractivity contribution in [2.75, 3.05) is 0 Å². The summed E-state index contributed by atoms with van der Waals surface area (Å²) in [7, 11) is 0. The second-order valence-corrected chi connectivity index (χ2v) is 5.61. The maximum atomic E-state index is 12.3. The van der Waals surface area contributed by atoms with Crippen LogP contribution in [0.2, 0.25) is 0 Å². The Morgan fingerprint density at radius 2 is 1.67 bits per heavy atom. The molecule has 2 aromatic carbocycles. The summed E-state index contributed by atoms with van der Waals surface area (Å²) in [6.07, 6.45) is 0.492. The maximum absolute atomic E-state index is 12.3. The number of carboxylic acid groups (broad SMARTS) is 1. The molecule has 1 atom stereocenters. The van der Waals surface area contributed by atoms with Gasteiger partial charge in [-0.2, -0.15) is 0 Å². The number of carbonyl (C=O) groups excluding carboxylic acids is 1. The van der Waals surface area contributed by atoms with E-state index >= 15 is 0 Å². The minimum Gasteiger partial charge on any atom is -0.481 e. The number of aliphatic carboxylic acids is 1. The lowest BCUT2D eigenvalue weighted by molar-refractivity contribution is -0.138. The zero-order valence-electron chi connectivity index (χ0n) is 11.7. The Morgan fingerprint density at radius 3 is 2.29 bits per heavy atom. The fraction of sp³-hybridized carbons (Fsp3) is 0.176. The van der Waals surface area contributed by atoms with E-state index in [1.165, 1.54) is 0 Å². The summed E-state index contributed by atoms with van der Waals surface area (Å²) >= 11 is 1.08. The van der Waals surface area contributed by atoms with Crippen molar-refractivity contribution in [2.24, 2.45) is 0 Å². The molecule has 3 nitrogen and oxygen atoms in total. The lowest BCUT2D eigenvalue weighted by Crippen LogP contribution is -2.11. The molecular formula is C17H16O3S. The third-order valence-electron chi connectivity index (χ3n) is 3.21. The molecule has 2 rings (SSSR count). The van der Waals surface area contributed by atoms with Crippen LogP contribution in [0.4, 0.5) is 0 Å². The van der Waals surface area contributed by atoms with E-state index in [0.29, 0.717) is 22.4 Å². The van der Waals surface area contributed by atoms with E-state index < -0.39 is 11.9 Å². The van der Waals surface area contributed by atoms with Crippen molar-refractivity contribution in [3.05, 3.63) is 65.7 Å². The van der Waals surface area contributed by atoms with Gasteiger partial charge in [0.05, 0.1) is 5.92 Å². The van der Waals surface area contributed by atoms with Gasteiger partial charge in [0.2, 0.25) is 5.12 Å². The molecule has 0 aliphatic rings. The average molecular weight is 300 g/mol. The smallest absolute Gasteiger partial charge is 0.311 e. The van der Waals surface area contributed by atoms with Crippen LogP contribution in [-0.2, 0) is 4.79 Å². The summed E-state index contributed by atoms with van der Waals surface area (Å²) in [6.45, 7) is 1.83. The Labute approximate surface area is 128 Å². The van der Waals surface area contributed by atoms with Crippen LogP contribution in [0.15, 0.2) is 59.5 Å². The van der Waals surface area contributed by atoms with Crippen molar-refractivity contribution in [3.63, 3.8) is 0 Å². The number of hydrogen-bond donors (Lipinski definition) is 1. The molecule has 0 saturated heterocycles. The van der Waals surface area contributed by atoms with Gasteiger partial charge in [-0.05, 0) is 29.8 Å². The summed E-state index contributed by atoms with van der Waals surface area (Å²) in [4.78, 5) is 24.3. The van der Waals surface area contributed by atoms with E-state index in [9.17, 15) is 14.7 Å². The molecule has 0 aliphatic heterocycles. The van der Waals surface area contributed by atoms with E-state index in [1.807, 2.05) is 31.2 Å². The zero-order chi connectivity index (χ0) is 15.2. The van der Waals surface area contributed by atoms with Gasteiger partial charge in [0.25, 0.3) is 0 Å². The van der Waals surface area contributed by atoms with Gasteiger partial charge in [-0.3, -0.25) is 9.59 Å². The summed E-state index contributed by atoms with van der Waals surface area (Å²) < 4.78 is 0. The molecule has 4 heteroatoms. The molecule has 1 N–H and O–H groups in total. The molecule has 0 aliphatic carbocycles. The van der Waals surface area contributed by atoms with Crippen LogP contribution in [0.5, 0.6) is 0 Å². The van der Waals surface area contributed by atoms with E-state index in [0.717, 1.165) is 11.8 Å². The number of carboxylic acids is 1. The molecule has 0 aromatic heterocycles. The Hall–Kier alpha value is -2.07. The average Bonchev–Trinajstić information content (AvgIpc) is 2.50. The molecule has 0 radical (unpaired) electrons. The topological polar surface area (TPSA) is 54.4 Å². The molecule has 2 aromatic rings. The first kappa shape index (κ1) is 15.3. The molecule has 0 saturated carbocycles. The van der Waals surface area contributed by atoms with Gasteiger partial charge in [-0.25, -0.2) is 0 Å².